The first kappa shape index (κ1) is 21.0. The van der Waals surface area contributed by atoms with Crippen LogP contribution in [0.5, 0.6) is 0 Å². The van der Waals surface area contributed by atoms with E-state index in [1.165, 1.54) is 64.2 Å². The molecule has 0 saturated carbocycles. The van der Waals surface area contributed by atoms with Crippen LogP contribution in [-0.2, 0) is 4.74 Å². The zero-order chi connectivity index (χ0) is 16.1. The zero-order valence-corrected chi connectivity index (χ0v) is 14.5. The van der Waals surface area contributed by atoms with E-state index in [0.29, 0.717) is 6.61 Å². The lowest BCUT2D eigenvalue weighted by Crippen LogP contribution is -1.83. The van der Waals surface area contributed by atoms with Crippen molar-refractivity contribution in [2.24, 2.45) is 0 Å². The Balaban J connectivity index is 0.000000604. The highest BCUT2D eigenvalue weighted by Crippen LogP contribution is 2.08. The number of hydrogen-bond acceptors (Lipinski definition) is 2. The van der Waals surface area contributed by atoms with Crippen LogP contribution in [0.1, 0.15) is 77.6 Å². The highest BCUT2D eigenvalue weighted by atomic mass is 16.5. The van der Waals surface area contributed by atoms with Gasteiger partial charge in [-0.15, -0.1) is 0 Å². The van der Waals surface area contributed by atoms with Gasteiger partial charge < -0.3 is 9.84 Å². The van der Waals surface area contributed by atoms with Crippen LogP contribution >= 0.6 is 0 Å². The van der Waals surface area contributed by atoms with Gasteiger partial charge in [-0.3, -0.25) is 0 Å². The minimum absolute atomic E-state index is 0.362. The maximum atomic E-state index is 8.62. The molecule has 0 unspecified atom stereocenters. The largest absolute Gasteiger partial charge is 0.497 e. The van der Waals surface area contributed by atoms with Gasteiger partial charge in [-0.05, 0) is 44.3 Å². The summed E-state index contributed by atoms with van der Waals surface area (Å²) in [6.07, 6.45) is 26.2. The van der Waals surface area contributed by atoms with Crippen LogP contribution in [0.3, 0.4) is 0 Å². The van der Waals surface area contributed by atoms with Crippen molar-refractivity contribution in [1.82, 2.24) is 0 Å². The quantitative estimate of drug-likeness (QED) is 0.357. The maximum absolute atomic E-state index is 8.62. The second-order valence-corrected chi connectivity index (χ2v) is 5.69. The normalized spacial score (nSPS) is 13.0. The highest BCUT2D eigenvalue weighted by Gasteiger charge is 1.89. The SMILES string of the molecule is C1=CCOC=C1.CCCCCC=CCCCCCCCCO. The van der Waals surface area contributed by atoms with Crippen molar-refractivity contribution in [3.63, 3.8) is 0 Å². The Hall–Kier alpha value is -1.02. The summed E-state index contributed by atoms with van der Waals surface area (Å²) in [5, 5.41) is 8.62. The number of aliphatic hydroxyl groups excluding tert-OH is 1. The lowest BCUT2D eigenvalue weighted by molar-refractivity contribution is 0.282. The summed E-state index contributed by atoms with van der Waals surface area (Å²) in [7, 11) is 0. The van der Waals surface area contributed by atoms with Crippen LogP contribution in [0.4, 0.5) is 0 Å². The predicted octanol–water partition coefficient (Wildman–Crippen LogP) is 5.93. The Kier molecular flexibility index (Phi) is 19.1. The molecule has 128 valence electrons. The summed E-state index contributed by atoms with van der Waals surface area (Å²) in [5.41, 5.74) is 0. The van der Waals surface area contributed by atoms with E-state index in [1.54, 1.807) is 6.26 Å². The zero-order valence-electron chi connectivity index (χ0n) is 14.5. The van der Waals surface area contributed by atoms with Crippen LogP contribution in [0.2, 0.25) is 0 Å². The fourth-order valence-electron chi connectivity index (χ4n) is 2.18. The van der Waals surface area contributed by atoms with Crippen LogP contribution < -0.4 is 0 Å². The molecule has 0 spiro atoms. The Morgan fingerprint density at radius 3 is 1.95 bits per heavy atom. The van der Waals surface area contributed by atoms with Crippen molar-refractivity contribution in [1.29, 1.82) is 0 Å². The van der Waals surface area contributed by atoms with Crippen LogP contribution in [0.15, 0.2) is 36.6 Å². The minimum Gasteiger partial charge on any atom is -0.497 e. The fraction of sp³-hybridized carbons (Fsp3) is 0.700. The summed E-state index contributed by atoms with van der Waals surface area (Å²) >= 11 is 0. The Morgan fingerprint density at radius 1 is 0.864 bits per heavy atom. The Bertz CT molecular complexity index is 267. The summed E-state index contributed by atoms with van der Waals surface area (Å²) < 4.78 is 4.80. The van der Waals surface area contributed by atoms with Crippen LogP contribution in [0.25, 0.3) is 0 Å². The molecule has 0 aromatic carbocycles. The Labute approximate surface area is 138 Å². The first-order chi connectivity index (χ1) is 10.9. The van der Waals surface area contributed by atoms with Gasteiger partial charge in [-0.1, -0.05) is 63.7 Å². The lowest BCUT2D eigenvalue weighted by Gasteiger charge is -1.98. The number of hydrogen-bond donors (Lipinski definition) is 1. The average molecular weight is 309 g/mol. The molecule has 0 amide bonds. The molecule has 1 aliphatic rings. The van der Waals surface area contributed by atoms with E-state index in [4.69, 9.17) is 9.84 Å². The minimum atomic E-state index is 0.362. The van der Waals surface area contributed by atoms with Gasteiger partial charge >= 0.3 is 0 Å². The molecule has 0 aromatic heterocycles. The van der Waals surface area contributed by atoms with E-state index in [-0.39, 0.29) is 0 Å². The number of rotatable bonds is 12. The van der Waals surface area contributed by atoms with E-state index in [9.17, 15) is 0 Å². The summed E-state index contributed by atoms with van der Waals surface area (Å²) in [5.74, 6) is 0. The first-order valence-corrected chi connectivity index (χ1v) is 9.11. The van der Waals surface area contributed by atoms with E-state index in [2.05, 4.69) is 19.1 Å². The smallest absolute Gasteiger partial charge is 0.106 e. The molecule has 0 saturated heterocycles. The molecule has 0 aliphatic carbocycles. The van der Waals surface area contributed by atoms with Gasteiger partial charge in [0.05, 0.1) is 6.26 Å². The second-order valence-electron chi connectivity index (χ2n) is 5.69. The number of unbranched alkanes of at least 4 members (excludes halogenated alkanes) is 9. The molecular weight excluding hydrogens is 272 g/mol. The molecule has 0 aromatic rings. The molecule has 1 aliphatic heterocycles. The molecule has 1 N–H and O–H groups in total. The van der Waals surface area contributed by atoms with Gasteiger partial charge in [0.25, 0.3) is 0 Å². The molecule has 0 fully saturated rings. The molecule has 2 heteroatoms. The van der Waals surface area contributed by atoms with Crippen molar-refractivity contribution in [3.8, 4) is 0 Å². The molecule has 1 rings (SSSR count). The van der Waals surface area contributed by atoms with Crippen molar-refractivity contribution in [2.45, 2.75) is 77.6 Å². The van der Waals surface area contributed by atoms with Crippen LogP contribution in [-0.4, -0.2) is 18.3 Å². The molecule has 2 nitrogen and oxygen atoms in total. The molecule has 0 radical (unpaired) electrons. The maximum Gasteiger partial charge on any atom is 0.106 e. The standard InChI is InChI=1S/C15H30O.C5H6O/c1-2-3-4-5-6-7-8-9-10-11-12-13-14-15-16;1-2-4-6-5-3-1/h6-7,16H,2-5,8-15H2,1H3;1-4H,5H2. The van der Waals surface area contributed by atoms with Gasteiger partial charge in [-0.2, -0.15) is 0 Å². The highest BCUT2D eigenvalue weighted by molar-refractivity contribution is 5.02. The number of aliphatic hydroxyl groups is 1. The van der Waals surface area contributed by atoms with Crippen molar-refractivity contribution < 1.29 is 9.84 Å². The number of ether oxygens (including phenoxy) is 1. The van der Waals surface area contributed by atoms with Crippen molar-refractivity contribution in [3.05, 3.63) is 36.6 Å². The van der Waals surface area contributed by atoms with Crippen LogP contribution in [0, 0.1) is 0 Å². The third-order valence-electron chi connectivity index (χ3n) is 3.53. The van der Waals surface area contributed by atoms with E-state index < -0.39 is 0 Å². The van der Waals surface area contributed by atoms with E-state index in [0.717, 1.165) is 13.0 Å². The van der Waals surface area contributed by atoms with Gasteiger partial charge in [-0.25, -0.2) is 0 Å². The third-order valence-corrected chi connectivity index (χ3v) is 3.53. The van der Waals surface area contributed by atoms with Gasteiger partial charge in [0.2, 0.25) is 0 Å². The third kappa shape index (κ3) is 19.0. The molecule has 1 heterocycles. The predicted molar refractivity (Wildman–Crippen MR) is 96.9 cm³/mol. The van der Waals surface area contributed by atoms with Crippen molar-refractivity contribution in [2.75, 3.05) is 13.2 Å². The molecule has 22 heavy (non-hydrogen) atoms. The summed E-state index contributed by atoms with van der Waals surface area (Å²) in [6.45, 7) is 3.34. The van der Waals surface area contributed by atoms with Crippen molar-refractivity contribution >= 4 is 0 Å². The summed E-state index contributed by atoms with van der Waals surface area (Å²) in [6, 6.07) is 0. The topological polar surface area (TPSA) is 29.5 Å². The summed E-state index contributed by atoms with van der Waals surface area (Å²) in [4.78, 5) is 0. The van der Waals surface area contributed by atoms with Gasteiger partial charge in [0, 0.05) is 6.61 Å². The molecule has 0 atom stereocenters. The first-order valence-electron chi connectivity index (χ1n) is 9.11. The van der Waals surface area contributed by atoms with E-state index in [1.807, 2.05) is 18.2 Å². The second kappa shape index (κ2) is 20.0. The van der Waals surface area contributed by atoms with E-state index >= 15 is 0 Å². The lowest BCUT2D eigenvalue weighted by atomic mass is 10.1. The average Bonchev–Trinajstić information content (AvgIpc) is 2.58. The number of allylic oxidation sites excluding steroid dienone is 4. The molecule has 0 bridgehead atoms. The molecular formula is C20H36O2. The van der Waals surface area contributed by atoms with Gasteiger partial charge in [0.15, 0.2) is 0 Å². The Morgan fingerprint density at radius 2 is 1.50 bits per heavy atom. The monoisotopic (exact) mass is 308 g/mol. The fourth-order valence-corrected chi connectivity index (χ4v) is 2.18. The van der Waals surface area contributed by atoms with Gasteiger partial charge in [0.1, 0.15) is 6.61 Å².